The molecule has 1 aliphatic rings. The number of carbonyl (C=O) groups is 2. The lowest BCUT2D eigenvalue weighted by Crippen LogP contribution is -2.32. The maximum absolute atomic E-state index is 13.6. The second-order valence-corrected chi connectivity index (χ2v) is 7.51. The number of nitrogens with one attached hydrogen (secondary N) is 1. The first-order valence-electron chi connectivity index (χ1n) is 9.99. The van der Waals surface area contributed by atoms with Gasteiger partial charge in [0.15, 0.2) is 0 Å². The van der Waals surface area contributed by atoms with Crippen molar-refractivity contribution in [1.82, 2.24) is 0 Å². The summed E-state index contributed by atoms with van der Waals surface area (Å²) >= 11 is 6.25. The highest BCUT2D eigenvalue weighted by Gasteiger charge is 2.40. The van der Waals surface area contributed by atoms with Crippen LogP contribution in [0.3, 0.4) is 0 Å². The van der Waals surface area contributed by atoms with Crippen molar-refractivity contribution >= 4 is 40.4 Å². The Bertz CT molecular complexity index is 1230. The van der Waals surface area contributed by atoms with Gasteiger partial charge in [-0.05, 0) is 23.8 Å². The van der Waals surface area contributed by atoms with Crippen LogP contribution in [0.25, 0.3) is 5.57 Å². The first-order chi connectivity index (χ1) is 16.0. The van der Waals surface area contributed by atoms with Crippen molar-refractivity contribution in [2.45, 2.75) is 0 Å². The van der Waals surface area contributed by atoms with Crippen LogP contribution in [-0.4, -0.2) is 33.1 Å². The molecule has 0 saturated carbocycles. The van der Waals surface area contributed by atoms with E-state index in [1.54, 1.807) is 60.7 Å². The molecule has 2 amide bonds. The number of benzene rings is 3. The van der Waals surface area contributed by atoms with Gasteiger partial charge in [0.1, 0.15) is 22.9 Å². The van der Waals surface area contributed by atoms with Crippen LogP contribution in [0.15, 0.2) is 72.4 Å². The SMILES string of the molecule is COc1cc(OC)cc(N2C(=O)C(Nc3ccc(OC)c(Cl)c3)=C(c3ccccc3)C2=O)c1. The maximum Gasteiger partial charge on any atom is 0.282 e. The summed E-state index contributed by atoms with van der Waals surface area (Å²) in [4.78, 5) is 28.2. The molecule has 1 heterocycles. The second-order valence-electron chi connectivity index (χ2n) is 7.11. The Kier molecular flexibility index (Phi) is 6.24. The van der Waals surface area contributed by atoms with E-state index < -0.39 is 11.8 Å². The average Bonchev–Trinajstić information content (AvgIpc) is 3.08. The Morgan fingerprint density at radius 2 is 1.45 bits per heavy atom. The molecule has 0 radical (unpaired) electrons. The molecule has 1 N–H and O–H groups in total. The summed E-state index contributed by atoms with van der Waals surface area (Å²) in [5.74, 6) is 0.423. The van der Waals surface area contributed by atoms with E-state index in [-0.39, 0.29) is 11.3 Å². The van der Waals surface area contributed by atoms with Gasteiger partial charge in [-0.15, -0.1) is 0 Å². The van der Waals surface area contributed by atoms with Gasteiger partial charge in [-0.1, -0.05) is 41.9 Å². The van der Waals surface area contributed by atoms with E-state index in [4.69, 9.17) is 25.8 Å². The molecule has 33 heavy (non-hydrogen) atoms. The summed E-state index contributed by atoms with van der Waals surface area (Å²) in [7, 11) is 4.52. The highest BCUT2D eigenvalue weighted by atomic mass is 35.5. The predicted molar refractivity (Wildman–Crippen MR) is 127 cm³/mol. The van der Waals surface area contributed by atoms with Crippen molar-refractivity contribution in [3.05, 3.63) is 83.0 Å². The molecule has 0 spiro atoms. The highest BCUT2D eigenvalue weighted by Crippen LogP contribution is 2.37. The van der Waals surface area contributed by atoms with Gasteiger partial charge in [0.25, 0.3) is 11.8 Å². The standard InChI is InChI=1S/C25H21ClN2O5/c1-31-18-12-17(13-19(14-18)32-2)28-24(29)22(15-7-5-4-6-8-15)23(25(28)30)27-16-9-10-21(33-3)20(26)11-16/h4-14,27H,1-3H3. The van der Waals surface area contributed by atoms with Gasteiger partial charge >= 0.3 is 0 Å². The number of rotatable bonds is 7. The summed E-state index contributed by atoms with van der Waals surface area (Å²) in [5, 5.41) is 3.45. The second kappa shape index (κ2) is 9.26. The molecule has 0 fully saturated rings. The van der Waals surface area contributed by atoms with Gasteiger partial charge in [-0.3, -0.25) is 9.59 Å². The zero-order chi connectivity index (χ0) is 23.5. The minimum atomic E-state index is -0.513. The predicted octanol–water partition coefficient (Wildman–Crippen LogP) is 4.76. The Balaban J connectivity index is 1.81. The van der Waals surface area contributed by atoms with Crippen LogP contribution in [0.5, 0.6) is 17.2 Å². The van der Waals surface area contributed by atoms with Crippen LogP contribution < -0.4 is 24.4 Å². The molecule has 0 bridgehead atoms. The molecule has 168 valence electrons. The molecule has 0 saturated heterocycles. The molecule has 3 aromatic rings. The minimum absolute atomic E-state index is 0.134. The fourth-order valence-corrected chi connectivity index (χ4v) is 3.82. The van der Waals surface area contributed by atoms with E-state index in [1.165, 1.54) is 21.3 Å². The number of halogens is 1. The van der Waals surface area contributed by atoms with Crippen LogP contribution >= 0.6 is 11.6 Å². The quantitative estimate of drug-likeness (QED) is 0.508. The largest absolute Gasteiger partial charge is 0.497 e. The lowest BCUT2D eigenvalue weighted by molar-refractivity contribution is -0.120. The first kappa shape index (κ1) is 22.2. The Morgan fingerprint density at radius 1 is 0.788 bits per heavy atom. The van der Waals surface area contributed by atoms with Gasteiger partial charge in [0.05, 0.1) is 37.6 Å². The van der Waals surface area contributed by atoms with E-state index in [9.17, 15) is 9.59 Å². The number of amides is 2. The van der Waals surface area contributed by atoms with E-state index in [2.05, 4.69) is 5.32 Å². The van der Waals surface area contributed by atoms with Gasteiger partial charge in [0, 0.05) is 23.9 Å². The van der Waals surface area contributed by atoms with Crippen LogP contribution in [0, 0.1) is 0 Å². The third-order valence-electron chi connectivity index (χ3n) is 5.16. The summed E-state index contributed by atoms with van der Waals surface area (Å²) in [6, 6.07) is 18.9. The van der Waals surface area contributed by atoms with Crippen LogP contribution in [-0.2, 0) is 9.59 Å². The van der Waals surface area contributed by atoms with Gasteiger partial charge < -0.3 is 19.5 Å². The van der Waals surface area contributed by atoms with Crippen LogP contribution in [0.2, 0.25) is 5.02 Å². The zero-order valence-corrected chi connectivity index (χ0v) is 19.0. The molecular weight excluding hydrogens is 444 g/mol. The van der Waals surface area contributed by atoms with Crippen molar-refractivity contribution in [1.29, 1.82) is 0 Å². The van der Waals surface area contributed by atoms with E-state index in [0.29, 0.717) is 39.2 Å². The maximum atomic E-state index is 13.6. The van der Waals surface area contributed by atoms with Gasteiger partial charge in [-0.2, -0.15) is 0 Å². The monoisotopic (exact) mass is 464 g/mol. The zero-order valence-electron chi connectivity index (χ0n) is 18.2. The number of hydrogen-bond acceptors (Lipinski definition) is 6. The number of imide groups is 1. The number of nitrogens with zero attached hydrogens (tertiary/aromatic N) is 1. The van der Waals surface area contributed by atoms with Crippen molar-refractivity contribution in [2.24, 2.45) is 0 Å². The number of methoxy groups -OCH3 is 3. The third-order valence-corrected chi connectivity index (χ3v) is 5.46. The fraction of sp³-hybridized carbons (Fsp3) is 0.120. The van der Waals surface area contributed by atoms with Crippen molar-refractivity contribution in [2.75, 3.05) is 31.5 Å². The number of anilines is 2. The minimum Gasteiger partial charge on any atom is -0.497 e. The Morgan fingerprint density at radius 3 is 2.03 bits per heavy atom. The normalized spacial score (nSPS) is 13.4. The number of hydrogen-bond donors (Lipinski definition) is 1. The molecule has 1 aliphatic heterocycles. The smallest absolute Gasteiger partial charge is 0.282 e. The fourth-order valence-electron chi connectivity index (χ4n) is 3.56. The van der Waals surface area contributed by atoms with Crippen LogP contribution in [0.1, 0.15) is 5.56 Å². The van der Waals surface area contributed by atoms with Crippen molar-refractivity contribution in [3.8, 4) is 17.2 Å². The molecule has 7 nitrogen and oxygen atoms in total. The van der Waals surface area contributed by atoms with E-state index >= 15 is 0 Å². The average molecular weight is 465 g/mol. The molecule has 0 atom stereocenters. The van der Waals surface area contributed by atoms with Gasteiger partial charge in [0.2, 0.25) is 0 Å². The topological polar surface area (TPSA) is 77.1 Å². The van der Waals surface area contributed by atoms with Crippen molar-refractivity contribution < 1.29 is 23.8 Å². The lowest BCUT2D eigenvalue weighted by Gasteiger charge is -2.17. The summed E-state index contributed by atoms with van der Waals surface area (Å²) in [6.07, 6.45) is 0. The van der Waals surface area contributed by atoms with E-state index in [1.807, 2.05) is 6.07 Å². The highest BCUT2D eigenvalue weighted by molar-refractivity contribution is 6.46. The molecule has 0 unspecified atom stereocenters. The summed E-state index contributed by atoms with van der Waals surface area (Å²) < 4.78 is 15.8. The van der Waals surface area contributed by atoms with Crippen molar-refractivity contribution in [3.63, 3.8) is 0 Å². The molecule has 4 rings (SSSR count). The van der Waals surface area contributed by atoms with E-state index in [0.717, 1.165) is 4.90 Å². The summed E-state index contributed by atoms with van der Waals surface area (Å²) in [5.41, 5.74) is 1.86. The third kappa shape index (κ3) is 4.23. The van der Waals surface area contributed by atoms with Crippen LogP contribution in [0.4, 0.5) is 11.4 Å². The lowest BCUT2D eigenvalue weighted by atomic mass is 10.0. The molecular formula is C25H21ClN2O5. The Labute approximate surface area is 196 Å². The molecule has 0 aliphatic carbocycles. The van der Waals surface area contributed by atoms with Gasteiger partial charge in [-0.25, -0.2) is 4.90 Å². The number of ether oxygens (including phenoxy) is 3. The number of carbonyl (C=O) groups excluding carboxylic acids is 2. The molecule has 8 heteroatoms. The summed E-state index contributed by atoms with van der Waals surface area (Å²) in [6.45, 7) is 0. The molecule has 3 aromatic carbocycles. The Hall–Kier alpha value is -3.97. The molecule has 0 aromatic heterocycles. The first-order valence-corrected chi connectivity index (χ1v) is 10.4.